The van der Waals surface area contributed by atoms with Gasteiger partial charge in [0.05, 0.1) is 13.7 Å². The van der Waals surface area contributed by atoms with Gasteiger partial charge in [-0.1, -0.05) is 29.1 Å². The summed E-state index contributed by atoms with van der Waals surface area (Å²) in [6.45, 7) is -0.629. The van der Waals surface area contributed by atoms with Crippen molar-refractivity contribution in [3.8, 4) is 5.75 Å². The van der Waals surface area contributed by atoms with Crippen LogP contribution in [0.5, 0.6) is 5.75 Å². The molecule has 0 amide bonds. The summed E-state index contributed by atoms with van der Waals surface area (Å²) in [7, 11) is -3.66. The molecular weight excluding hydrogens is 418 g/mol. The van der Waals surface area contributed by atoms with Crippen LogP contribution < -0.4 is 4.74 Å². The quantitative estimate of drug-likeness (QED) is 0.129. The average Bonchev–Trinajstić information content (AvgIpc) is 2.66. The standard InChI is InChI=1S/C15H21NO10S2/c1-24-9-4-2-3-8(5-9)6-11(16-26-28(21,22)23)27-15-14(20)13(19)12(18)10(7-17)25-15/h2-5,10,12-15,17-20H,6-7H2,1H3,(H,21,22,23)/p-1/b16-11-. The Bertz CT molecular complexity index is 785. The lowest BCUT2D eigenvalue weighted by Crippen LogP contribution is -2.57. The molecule has 28 heavy (non-hydrogen) atoms. The average molecular weight is 438 g/mol. The fourth-order valence-corrected chi connectivity index (χ4v) is 3.76. The van der Waals surface area contributed by atoms with Gasteiger partial charge < -0.3 is 34.5 Å². The normalized spacial score (nSPS) is 28.8. The van der Waals surface area contributed by atoms with E-state index in [0.717, 1.165) is 0 Å². The summed E-state index contributed by atoms with van der Waals surface area (Å²) in [6.07, 6.45) is -5.92. The predicted molar refractivity (Wildman–Crippen MR) is 96.3 cm³/mol. The van der Waals surface area contributed by atoms with E-state index in [1.807, 2.05) is 0 Å². The molecule has 1 aromatic carbocycles. The van der Waals surface area contributed by atoms with E-state index in [0.29, 0.717) is 23.1 Å². The third kappa shape index (κ3) is 6.28. The van der Waals surface area contributed by atoms with E-state index < -0.39 is 46.9 Å². The first-order chi connectivity index (χ1) is 13.1. The monoisotopic (exact) mass is 438 g/mol. The van der Waals surface area contributed by atoms with Gasteiger partial charge in [-0.2, -0.15) is 8.42 Å². The molecule has 11 nitrogen and oxygen atoms in total. The van der Waals surface area contributed by atoms with Crippen LogP contribution in [-0.2, 0) is 25.8 Å². The van der Waals surface area contributed by atoms with Crippen molar-refractivity contribution >= 4 is 27.2 Å². The number of hydrogen-bond donors (Lipinski definition) is 4. The molecule has 1 aliphatic rings. The summed E-state index contributed by atoms with van der Waals surface area (Å²) in [5.74, 6) is 0.520. The van der Waals surface area contributed by atoms with Gasteiger partial charge in [-0.3, -0.25) is 4.28 Å². The number of ether oxygens (including phenoxy) is 2. The number of hydrogen-bond acceptors (Lipinski definition) is 12. The van der Waals surface area contributed by atoms with E-state index in [4.69, 9.17) is 9.47 Å². The summed E-state index contributed by atoms with van der Waals surface area (Å²) in [6, 6.07) is 6.67. The van der Waals surface area contributed by atoms with Crippen molar-refractivity contribution in [2.75, 3.05) is 13.7 Å². The molecule has 1 aromatic rings. The molecule has 0 aliphatic carbocycles. The maximum Gasteiger partial charge on any atom is 0.284 e. The number of thioether (sulfide) groups is 1. The van der Waals surface area contributed by atoms with E-state index in [9.17, 15) is 33.4 Å². The van der Waals surface area contributed by atoms with Gasteiger partial charge in [0.2, 0.25) is 0 Å². The van der Waals surface area contributed by atoms with Gasteiger partial charge >= 0.3 is 0 Å². The summed E-state index contributed by atoms with van der Waals surface area (Å²) in [5, 5.41) is 42.3. The second-order valence-electron chi connectivity index (χ2n) is 5.81. The van der Waals surface area contributed by atoms with E-state index in [1.165, 1.54) is 7.11 Å². The van der Waals surface area contributed by atoms with Gasteiger partial charge in [-0.15, -0.1) is 0 Å². The summed E-state index contributed by atoms with van der Waals surface area (Å²) >= 11 is 0.674. The van der Waals surface area contributed by atoms with Gasteiger partial charge in [-0.25, -0.2) is 0 Å². The first-order valence-corrected chi connectivity index (χ1v) is 10.2. The maximum atomic E-state index is 10.7. The zero-order valence-electron chi connectivity index (χ0n) is 14.6. The van der Waals surface area contributed by atoms with E-state index in [2.05, 4.69) is 9.44 Å². The first-order valence-electron chi connectivity index (χ1n) is 7.96. The number of nitrogens with zero attached hydrogens (tertiary/aromatic N) is 1. The van der Waals surface area contributed by atoms with Crippen molar-refractivity contribution in [3.05, 3.63) is 29.8 Å². The highest BCUT2D eigenvalue weighted by Gasteiger charge is 2.44. The SMILES string of the molecule is COc1cccc(C/C(=N/OS(=O)(=O)[O-])SC2OC(CO)C(O)C(O)C2O)c1. The molecule has 0 aromatic heterocycles. The zero-order valence-corrected chi connectivity index (χ0v) is 16.2. The number of aliphatic hydroxyl groups is 4. The van der Waals surface area contributed by atoms with Crippen LogP contribution in [0.25, 0.3) is 0 Å². The molecule has 0 bridgehead atoms. The molecule has 0 saturated carbocycles. The van der Waals surface area contributed by atoms with E-state index in [-0.39, 0.29) is 11.5 Å². The lowest BCUT2D eigenvalue weighted by atomic mass is 10.0. The third-order valence-corrected chi connectivity index (χ3v) is 5.19. The van der Waals surface area contributed by atoms with Crippen LogP contribution in [0.15, 0.2) is 29.4 Å². The second kappa shape index (κ2) is 9.84. The first kappa shape index (κ1) is 22.8. The van der Waals surface area contributed by atoms with Crippen molar-refractivity contribution in [2.45, 2.75) is 36.3 Å². The number of oxime groups is 1. The Morgan fingerprint density at radius 3 is 2.61 bits per heavy atom. The van der Waals surface area contributed by atoms with Gasteiger partial charge in [0.15, 0.2) is 0 Å². The van der Waals surface area contributed by atoms with Crippen LogP contribution in [0.3, 0.4) is 0 Å². The molecule has 158 valence electrons. The minimum atomic E-state index is -5.12. The third-order valence-electron chi connectivity index (χ3n) is 3.82. The van der Waals surface area contributed by atoms with Crippen molar-refractivity contribution in [1.29, 1.82) is 0 Å². The number of aliphatic hydroxyl groups excluding tert-OH is 4. The lowest BCUT2D eigenvalue weighted by Gasteiger charge is -2.39. The van der Waals surface area contributed by atoms with Gasteiger partial charge in [0.25, 0.3) is 10.4 Å². The fourth-order valence-electron chi connectivity index (χ4n) is 2.44. The van der Waals surface area contributed by atoms with Crippen LogP contribution in [0.1, 0.15) is 5.56 Å². The molecule has 2 rings (SSSR count). The lowest BCUT2D eigenvalue weighted by molar-refractivity contribution is -0.205. The molecule has 4 N–H and O–H groups in total. The Balaban J connectivity index is 2.23. The zero-order chi connectivity index (χ0) is 20.9. The van der Waals surface area contributed by atoms with Gasteiger partial charge in [0.1, 0.15) is 40.6 Å². The number of benzene rings is 1. The van der Waals surface area contributed by atoms with Crippen LogP contribution in [0, 0.1) is 0 Å². The van der Waals surface area contributed by atoms with Gasteiger partial charge in [-0.05, 0) is 17.7 Å². The number of rotatable bonds is 7. The Morgan fingerprint density at radius 1 is 1.29 bits per heavy atom. The van der Waals surface area contributed by atoms with Crippen molar-refractivity contribution in [1.82, 2.24) is 0 Å². The Morgan fingerprint density at radius 2 is 2.00 bits per heavy atom. The Labute approximate surface area is 165 Å². The predicted octanol–water partition coefficient (Wildman–Crippen LogP) is -1.44. The van der Waals surface area contributed by atoms with Crippen molar-refractivity contribution in [3.63, 3.8) is 0 Å². The maximum absolute atomic E-state index is 10.7. The second-order valence-corrected chi connectivity index (χ2v) is 7.95. The molecule has 1 saturated heterocycles. The minimum absolute atomic E-state index is 0.0214. The van der Waals surface area contributed by atoms with Crippen LogP contribution >= 0.6 is 11.8 Å². The van der Waals surface area contributed by atoms with Crippen LogP contribution in [0.4, 0.5) is 0 Å². The highest BCUT2D eigenvalue weighted by atomic mass is 32.3. The molecular formula is C15H20NO10S2-. The van der Waals surface area contributed by atoms with Crippen LogP contribution in [0.2, 0.25) is 0 Å². The molecule has 5 unspecified atom stereocenters. The fraction of sp³-hybridized carbons (Fsp3) is 0.533. The molecule has 0 radical (unpaired) electrons. The molecule has 13 heteroatoms. The smallest absolute Gasteiger partial charge is 0.284 e. The topological polar surface area (TPSA) is 178 Å². The van der Waals surface area contributed by atoms with Crippen molar-refractivity contribution in [2.24, 2.45) is 5.16 Å². The molecule has 1 fully saturated rings. The van der Waals surface area contributed by atoms with Crippen molar-refractivity contribution < 1.29 is 47.2 Å². The van der Waals surface area contributed by atoms with E-state index in [1.54, 1.807) is 24.3 Å². The Hall–Kier alpha value is -1.45. The highest BCUT2D eigenvalue weighted by Crippen LogP contribution is 2.30. The minimum Gasteiger partial charge on any atom is -0.714 e. The summed E-state index contributed by atoms with van der Waals surface area (Å²) in [5.41, 5.74) is -0.611. The molecule has 1 heterocycles. The van der Waals surface area contributed by atoms with Crippen LogP contribution in [-0.4, -0.2) is 82.0 Å². The van der Waals surface area contributed by atoms with E-state index >= 15 is 0 Å². The highest BCUT2D eigenvalue weighted by molar-refractivity contribution is 8.14. The largest absolute Gasteiger partial charge is 0.714 e. The Kier molecular flexibility index (Phi) is 8.03. The molecule has 5 atom stereocenters. The molecule has 0 spiro atoms. The summed E-state index contributed by atoms with van der Waals surface area (Å²) in [4.78, 5) is 0. The number of methoxy groups -OCH3 is 1. The molecule has 1 aliphatic heterocycles. The van der Waals surface area contributed by atoms with Gasteiger partial charge in [0, 0.05) is 6.42 Å². The summed E-state index contributed by atoms with van der Waals surface area (Å²) < 4.78 is 46.6.